The number of aromatic nitrogens is 4. The van der Waals surface area contributed by atoms with E-state index in [0.717, 1.165) is 27.9 Å². The van der Waals surface area contributed by atoms with Gasteiger partial charge >= 0.3 is 0 Å². The molecule has 174 valence electrons. The molecule has 2 aromatic heterocycles. The quantitative estimate of drug-likeness (QED) is 0.488. The summed E-state index contributed by atoms with van der Waals surface area (Å²) >= 11 is 0. The summed E-state index contributed by atoms with van der Waals surface area (Å²) in [4.78, 5) is 34.0. The van der Waals surface area contributed by atoms with E-state index >= 15 is 0 Å². The molecule has 4 heterocycles. The number of likely N-dealkylation sites (tertiary alicyclic amines) is 1. The Hall–Kier alpha value is -4.33. The van der Waals surface area contributed by atoms with Crippen molar-refractivity contribution >= 4 is 22.8 Å². The zero-order valence-corrected chi connectivity index (χ0v) is 19.1. The molecule has 2 aliphatic heterocycles. The number of hydrogen-bond acceptors (Lipinski definition) is 5. The maximum atomic E-state index is 13.0. The predicted molar refractivity (Wildman–Crippen MR) is 131 cm³/mol. The lowest BCUT2D eigenvalue weighted by Crippen LogP contribution is -2.33. The summed E-state index contributed by atoms with van der Waals surface area (Å²) in [5.41, 5.74) is 6.20. The number of fused-ring (bicyclic) bond motifs is 2. The minimum absolute atomic E-state index is 0.0545. The van der Waals surface area contributed by atoms with Crippen LogP contribution in [0.15, 0.2) is 78.6 Å². The summed E-state index contributed by atoms with van der Waals surface area (Å²) in [6.45, 7) is 1.84. The lowest BCUT2D eigenvalue weighted by Gasteiger charge is -2.20. The second-order valence-electron chi connectivity index (χ2n) is 9.08. The number of amides is 2. The first-order chi connectivity index (χ1) is 17.1. The molecule has 2 aliphatic rings. The number of pyridine rings is 1. The van der Waals surface area contributed by atoms with Gasteiger partial charge in [-0.2, -0.15) is 15.4 Å². The van der Waals surface area contributed by atoms with Crippen molar-refractivity contribution in [2.24, 2.45) is 5.92 Å². The Morgan fingerprint density at radius 3 is 2.63 bits per heavy atom. The molecule has 0 bridgehead atoms. The molecule has 0 unspecified atom stereocenters. The van der Waals surface area contributed by atoms with Crippen LogP contribution in [0.1, 0.15) is 22.3 Å². The standard InChI is InChI=1S/C27H24N6O2/c34-26(11-7-18-6-9-23(28-13-18)19-4-2-1-3-5-19)32-14-21-16-33(17-22(21)15-32)27(35)20-8-10-24-25(12-20)30-31-29-24/h1-6,8-10,12-13,16,22H,7,11,14-15,17H2,(H,29,30,31)/t22-/m1/s1. The monoisotopic (exact) mass is 464 g/mol. The van der Waals surface area contributed by atoms with Gasteiger partial charge in [0.2, 0.25) is 5.91 Å². The minimum atomic E-state index is -0.0545. The van der Waals surface area contributed by atoms with Crippen LogP contribution in [-0.4, -0.2) is 61.6 Å². The first kappa shape index (κ1) is 21.2. The van der Waals surface area contributed by atoms with Crippen LogP contribution in [0.25, 0.3) is 22.3 Å². The van der Waals surface area contributed by atoms with Gasteiger partial charge in [0.25, 0.3) is 5.91 Å². The van der Waals surface area contributed by atoms with Crippen molar-refractivity contribution in [1.82, 2.24) is 30.2 Å². The SMILES string of the molecule is O=C(c1ccc2n[nH]nc2c1)N1C=C2CN(C(=O)CCc3ccc(-c4ccccc4)nc3)C[C@@H]2C1. The van der Waals surface area contributed by atoms with E-state index in [-0.39, 0.29) is 17.7 Å². The van der Waals surface area contributed by atoms with Gasteiger partial charge in [0.05, 0.1) is 5.69 Å². The Labute approximate surface area is 202 Å². The molecule has 1 fully saturated rings. The lowest BCUT2D eigenvalue weighted by atomic mass is 10.1. The molecule has 0 saturated carbocycles. The normalized spacial score (nSPS) is 17.0. The van der Waals surface area contributed by atoms with Crippen LogP contribution in [0.3, 0.4) is 0 Å². The molecule has 6 rings (SSSR count). The summed E-state index contributed by atoms with van der Waals surface area (Å²) in [6, 6.07) is 19.4. The number of aryl methyl sites for hydroxylation is 1. The highest BCUT2D eigenvalue weighted by molar-refractivity contribution is 5.98. The largest absolute Gasteiger partial charge is 0.338 e. The highest BCUT2D eigenvalue weighted by Gasteiger charge is 2.37. The number of rotatable bonds is 5. The van der Waals surface area contributed by atoms with Gasteiger partial charge in [0.1, 0.15) is 11.0 Å². The van der Waals surface area contributed by atoms with Crippen molar-refractivity contribution < 1.29 is 9.59 Å². The van der Waals surface area contributed by atoms with Gasteiger partial charge in [-0.1, -0.05) is 36.4 Å². The van der Waals surface area contributed by atoms with Gasteiger partial charge in [0, 0.05) is 55.5 Å². The van der Waals surface area contributed by atoms with E-state index < -0.39 is 0 Å². The Morgan fingerprint density at radius 1 is 0.971 bits per heavy atom. The number of aromatic amines is 1. The van der Waals surface area contributed by atoms with Crippen LogP contribution >= 0.6 is 0 Å². The molecule has 0 radical (unpaired) electrons. The summed E-state index contributed by atoms with van der Waals surface area (Å²) in [6.07, 6.45) is 4.89. The molecular formula is C27H24N6O2. The van der Waals surface area contributed by atoms with Crippen molar-refractivity contribution in [2.45, 2.75) is 12.8 Å². The van der Waals surface area contributed by atoms with E-state index in [9.17, 15) is 9.59 Å². The fraction of sp³-hybridized carbons (Fsp3) is 0.222. The average molecular weight is 465 g/mol. The fourth-order valence-corrected chi connectivity index (χ4v) is 4.84. The van der Waals surface area contributed by atoms with E-state index in [1.54, 1.807) is 23.1 Å². The van der Waals surface area contributed by atoms with Crippen molar-refractivity contribution in [3.05, 3.63) is 89.8 Å². The number of carbonyl (C=O) groups is 2. The zero-order chi connectivity index (χ0) is 23.8. The molecule has 2 aromatic carbocycles. The number of nitrogens with zero attached hydrogens (tertiary/aromatic N) is 5. The first-order valence-electron chi connectivity index (χ1n) is 11.7. The number of H-pyrrole nitrogens is 1. The molecule has 0 aliphatic carbocycles. The average Bonchev–Trinajstić information content (AvgIpc) is 3.62. The maximum absolute atomic E-state index is 13.0. The van der Waals surface area contributed by atoms with Gasteiger partial charge in [-0.05, 0) is 41.8 Å². The molecule has 8 nitrogen and oxygen atoms in total. The van der Waals surface area contributed by atoms with Gasteiger partial charge < -0.3 is 9.80 Å². The van der Waals surface area contributed by atoms with Crippen LogP contribution < -0.4 is 0 Å². The van der Waals surface area contributed by atoms with E-state index in [1.807, 2.05) is 59.8 Å². The van der Waals surface area contributed by atoms with Crippen molar-refractivity contribution in [1.29, 1.82) is 0 Å². The van der Waals surface area contributed by atoms with Crippen molar-refractivity contribution in [3.63, 3.8) is 0 Å². The van der Waals surface area contributed by atoms with E-state index in [0.29, 0.717) is 43.6 Å². The topological polar surface area (TPSA) is 95.1 Å². The van der Waals surface area contributed by atoms with Gasteiger partial charge in [-0.25, -0.2) is 0 Å². The van der Waals surface area contributed by atoms with E-state index in [2.05, 4.69) is 20.4 Å². The number of carbonyl (C=O) groups excluding carboxylic acids is 2. The Balaban J connectivity index is 1.04. The molecular weight excluding hydrogens is 440 g/mol. The van der Waals surface area contributed by atoms with Crippen molar-refractivity contribution in [3.8, 4) is 11.3 Å². The van der Waals surface area contributed by atoms with Crippen molar-refractivity contribution in [2.75, 3.05) is 19.6 Å². The molecule has 0 spiro atoms. The number of nitrogens with one attached hydrogen (secondary N) is 1. The second-order valence-corrected chi connectivity index (χ2v) is 9.08. The summed E-state index contributed by atoms with van der Waals surface area (Å²) in [5, 5.41) is 10.7. The Bertz CT molecular complexity index is 1430. The highest BCUT2D eigenvalue weighted by atomic mass is 16.2. The van der Waals surface area contributed by atoms with Crippen LogP contribution in [0.2, 0.25) is 0 Å². The van der Waals surface area contributed by atoms with Crippen LogP contribution in [0.5, 0.6) is 0 Å². The molecule has 1 N–H and O–H groups in total. The fourth-order valence-electron chi connectivity index (χ4n) is 4.84. The summed E-state index contributed by atoms with van der Waals surface area (Å²) in [5.74, 6) is 0.286. The number of benzene rings is 2. The van der Waals surface area contributed by atoms with Gasteiger partial charge in [-0.3, -0.25) is 14.6 Å². The number of hydrogen-bond donors (Lipinski definition) is 1. The predicted octanol–water partition coefficient (Wildman–Crippen LogP) is 3.45. The maximum Gasteiger partial charge on any atom is 0.257 e. The van der Waals surface area contributed by atoms with Gasteiger partial charge in [0.15, 0.2) is 0 Å². The Kier molecular flexibility index (Phi) is 5.33. The third-order valence-electron chi connectivity index (χ3n) is 6.78. The summed E-state index contributed by atoms with van der Waals surface area (Å²) in [7, 11) is 0. The summed E-state index contributed by atoms with van der Waals surface area (Å²) < 4.78 is 0. The van der Waals surface area contributed by atoms with E-state index in [1.165, 1.54) is 0 Å². The molecule has 4 aromatic rings. The highest BCUT2D eigenvalue weighted by Crippen LogP contribution is 2.31. The van der Waals surface area contributed by atoms with Crippen LogP contribution in [0.4, 0.5) is 0 Å². The smallest absolute Gasteiger partial charge is 0.257 e. The zero-order valence-electron chi connectivity index (χ0n) is 19.1. The lowest BCUT2D eigenvalue weighted by molar-refractivity contribution is -0.130. The van der Waals surface area contributed by atoms with Crippen LogP contribution in [-0.2, 0) is 11.2 Å². The molecule has 1 atom stereocenters. The third kappa shape index (κ3) is 4.19. The first-order valence-corrected chi connectivity index (χ1v) is 11.7. The molecule has 8 heteroatoms. The van der Waals surface area contributed by atoms with E-state index in [4.69, 9.17) is 0 Å². The minimum Gasteiger partial charge on any atom is -0.338 e. The molecule has 1 saturated heterocycles. The van der Waals surface area contributed by atoms with Crippen LogP contribution in [0, 0.1) is 5.92 Å². The van der Waals surface area contributed by atoms with Gasteiger partial charge in [-0.15, -0.1) is 0 Å². The Morgan fingerprint density at radius 2 is 1.83 bits per heavy atom. The molecule has 2 amide bonds. The second kappa shape index (κ2) is 8.79. The third-order valence-corrected chi connectivity index (χ3v) is 6.78. The molecule has 35 heavy (non-hydrogen) atoms.